The van der Waals surface area contributed by atoms with Crippen LogP contribution in [0.3, 0.4) is 0 Å². The molecule has 30 heavy (non-hydrogen) atoms. The Morgan fingerprint density at radius 2 is 1.90 bits per heavy atom. The average Bonchev–Trinajstić information content (AvgIpc) is 3.33. The van der Waals surface area contributed by atoms with Crippen LogP contribution in [0.1, 0.15) is 50.5 Å². The molecule has 1 saturated carbocycles. The molecule has 3 aromatic heterocycles. The lowest BCUT2D eigenvalue weighted by Crippen LogP contribution is -2.44. The highest BCUT2D eigenvalue weighted by Crippen LogP contribution is 2.39. The van der Waals surface area contributed by atoms with Gasteiger partial charge in [-0.1, -0.05) is 29.4 Å². The second-order valence-electron chi connectivity index (χ2n) is 8.22. The summed E-state index contributed by atoms with van der Waals surface area (Å²) in [7, 11) is 0. The third kappa shape index (κ3) is 3.18. The van der Waals surface area contributed by atoms with E-state index in [0.717, 1.165) is 52.7 Å². The van der Waals surface area contributed by atoms with Gasteiger partial charge in [-0.15, -0.1) is 12.4 Å². The Balaban J connectivity index is 0.00000218. The average molecular weight is 425 g/mol. The van der Waals surface area contributed by atoms with E-state index in [1.165, 1.54) is 0 Å². The van der Waals surface area contributed by atoms with Gasteiger partial charge in [0, 0.05) is 11.6 Å². The van der Waals surface area contributed by atoms with Crippen LogP contribution in [0.2, 0.25) is 0 Å². The summed E-state index contributed by atoms with van der Waals surface area (Å²) < 4.78 is 7.59. The van der Waals surface area contributed by atoms with Crippen LogP contribution in [0.4, 0.5) is 0 Å². The Morgan fingerprint density at radius 1 is 1.13 bits per heavy atom. The van der Waals surface area contributed by atoms with Gasteiger partial charge in [-0.3, -0.25) is 0 Å². The molecule has 4 aromatic rings. The Bertz CT molecular complexity index is 1210. The number of nitrogens with two attached hydrogens (primary N) is 1. The van der Waals surface area contributed by atoms with Crippen molar-refractivity contribution in [2.24, 2.45) is 5.73 Å². The lowest BCUT2D eigenvalue weighted by atomic mass is 9.77. The second kappa shape index (κ2) is 7.49. The fourth-order valence-corrected chi connectivity index (χ4v) is 3.89. The molecule has 0 bridgehead atoms. The predicted molar refractivity (Wildman–Crippen MR) is 118 cm³/mol. The number of aromatic nitrogens is 5. The normalized spacial score (nSPS) is 15.2. The van der Waals surface area contributed by atoms with Crippen LogP contribution in [0.25, 0.3) is 33.7 Å². The molecule has 0 unspecified atom stereocenters. The lowest BCUT2D eigenvalue weighted by Gasteiger charge is -2.34. The molecule has 0 amide bonds. The molecule has 1 aliphatic rings. The van der Waals surface area contributed by atoms with Crippen LogP contribution in [0.5, 0.6) is 0 Å². The molecule has 1 fully saturated rings. The summed E-state index contributed by atoms with van der Waals surface area (Å²) in [6, 6.07) is 10.4. The van der Waals surface area contributed by atoms with Gasteiger partial charge in [0.1, 0.15) is 0 Å². The van der Waals surface area contributed by atoms with Gasteiger partial charge in [0.15, 0.2) is 11.5 Å². The first-order valence-electron chi connectivity index (χ1n) is 10.0. The van der Waals surface area contributed by atoms with Crippen molar-refractivity contribution in [2.45, 2.75) is 51.6 Å². The smallest absolute Gasteiger partial charge is 0.258 e. The van der Waals surface area contributed by atoms with Crippen molar-refractivity contribution in [3.63, 3.8) is 0 Å². The minimum Gasteiger partial charge on any atom is -0.334 e. The van der Waals surface area contributed by atoms with E-state index in [1.54, 1.807) is 0 Å². The minimum atomic E-state index is -0.463. The first kappa shape index (κ1) is 20.5. The fraction of sp³-hybridized carbons (Fsp3) is 0.364. The van der Waals surface area contributed by atoms with Crippen molar-refractivity contribution in [1.82, 2.24) is 24.9 Å². The molecule has 8 heteroatoms. The van der Waals surface area contributed by atoms with Crippen LogP contribution < -0.4 is 5.73 Å². The molecular formula is C22H25ClN6O. The molecule has 0 saturated heterocycles. The van der Waals surface area contributed by atoms with Crippen LogP contribution in [0, 0.1) is 6.92 Å². The van der Waals surface area contributed by atoms with E-state index < -0.39 is 5.54 Å². The zero-order valence-corrected chi connectivity index (χ0v) is 18.1. The molecule has 0 atom stereocenters. The molecule has 1 aliphatic carbocycles. The molecule has 1 aromatic carbocycles. The topological polar surface area (TPSA) is 95.6 Å². The molecule has 156 valence electrons. The highest BCUT2D eigenvalue weighted by Gasteiger charge is 2.39. The number of nitrogens with zero attached hydrogens (tertiary/aromatic N) is 5. The van der Waals surface area contributed by atoms with Gasteiger partial charge in [0.05, 0.1) is 28.4 Å². The van der Waals surface area contributed by atoms with Crippen molar-refractivity contribution in [3.8, 4) is 22.7 Å². The van der Waals surface area contributed by atoms with E-state index in [2.05, 4.69) is 48.1 Å². The molecule has 0 aliphatic heterocycles. The molecular weight excluding hydrogens is 400 g/mol. The summed E-state index contributed by atoms with van der Waals surface area (Å²) in [5.74, 6) is 1.04. The summed E-state index contributed by atoms with van der Waals surface area (Å²) >= 11 is 0. The SMILES string of the molecule is Cc1ccccc1-c1cc(-c2nc(C3(N)CCC3)no2)c2cnn(C(C)C)c2n1.Cl. The number of halogens is 1. The molecule has 2 N–H and O–H groups in total. The van der Waals surface area contributed by atoms with Crippen molar-refractivity contribution in [3.05, 3.63) is 47.9 Å². The van der Waals surface area contributed by atoms with Crippen LogP contribution in [-0.4, -0.2) is 24.9 Å². The second-order valence-corrected chi connectivity index (χ2v) is 8.22. The monoisotopic (exact) mass is 424 g/mol. The van der Waals surface area contributed by atoms with E-state index in [0.29, 0.717) is 11.7 Å². The Morgan fingerprint density at radius 3 is 2.57 bits per heavy atom. The first-order chi connectivity index (χ1) is 14.0. The van der Waals surface area contributed by atoms with Gasteiger partial charge < -0.3 is 10.3 Å². The van der Waals surface area contributed by atoms with E-state index in [9.17, 15) is 0 Å². The van der Waals surface area contributed by atoms with Crippen LogP contribution in [-0.2, 0) is 5.54 Å². The zero-order chi connectivity index (χ0) is 20.2. The number of benzene rings is 1. The van der Waals surface area contributed by atoms with Crippen molar-refractivity contribution >= 4 is 23.4 Å². The highest BCUT2D eigenvalue weighted by atomic mass is 35.5. The van der Waals surface area contributed by atoms with Gasteiger partial charge in [0.25, 0.3) is 5.89 Å². The summed E-state index contributed by atoms with van der Waals surface area (Å²) in [5, 5.41) is 9.65. The Labute approximate surface area is 181 Å². The summed E-state index contributed by atoms with van der Waals surface area (Å²) in [6.45, 7) is 6.27. The maximum Gasteiger partial charge on any atom is 0.258 e. The van der Waals surface area contributed by atoms with Gasteiger partial charge >= 0.3 is 0 Å². The van der Waals surface area contributed by atoms with E-state index in [4.69, 9.17) is 15.2 Å². The van der Waals surface area contributed by atoms with Crippen molar-refractivity contribution < 1.29 is 4.52 Å². The van der Waals surface area contributed by atoms with Gasteiger partial charge in [-0.05, 0) is 51.7 Å². The fourth-order valence-electron chi connectivity index (χ4n) is 3.89. The highest BCUT2D eigenvalue weighted by molar-refractivity contribution is 5.93. The summed E-state index contributed by atoms with van der Waals surface area (Å²) in [5.41, 5.74) is 10.7. The number of hydrogen-bond donors (Lipinski definition) is 1. The zero-order valence-electron chi connectivity index (χ0n) is 17.3. The third-order valence-corrected chi connectivity index (χ3v) is 5.82. The maximum absolute atomic E-state index is 6.40. The quantitative estimate of drug-likeness (QED) is 0.505. The van der Waals surface area contributed by atoms with Crippen LogP contribution in [0.15, 0.2) is 41.1 Å². The number of aryl methyl sites for hydroxylation is 1. The number of rotatable bonds is 4. The Kier molecular flexibility index (Phi) is 5.11. The van der Waals surface area contributed by atoms with Crippen molar-refractivity contribution in [1.29, 1.82) is 0 Å². The number of hydrogen-bond acceptors (Lipinski definition) is 6. The molecule has 7 nitrogen and oxygen atoms in total. The molecule has 0 radical (unpaired) electrons. The van der Waals surface area contributed by atoms with Gasteiger partial charge in [-0.2, -0.15) is 10.1 Å². The third-order valence-electron chi connectivity index (χ3n) is 5.82. The number of fused-ring (bicyclic) bond motifs is 1. The largest absolute Gasteiger partial charge is 0.334 e. The first-order valence-corrected chi connectivity index (χ1v) is 10.0. The predicted octanol–water partition coefficient (Wildman–Crippen LogP) is 4.80. The Hall–Kier alpha value is -2.77. The summed E-state index contributed by atoms with van der Waals surface area (Å²) in [4.78, 5) is 9.61. The van der Waals surface area contributed by atoms with Crippen molar-refractivity contribution in [2.75, 3.05) is 0 Å². The minimum absolute atomic E-state index is 0. The summed E-state index contributed by atoms with van der Waals surface area (Å²) in [6.07, 6.45) is 4.69. The van der Waals surface area contributed by atoms with Gasteiger partial charge in [-0.25, -0.2) is 9.67 Å². The lowest BCUT2D eigenvalue weighted by molar-refractivity contribution is 0.229. The maximum atomic E-state index is 6.40. The number of pyridine rings is 1. The van der Waals surface area contributed by atoms with E-state index in [-0.39, 0.29) is 18.4 Å². The van der Waals surface area contributed by atoms with E-state index >= 15 is 0 Å². The standard InChI is InChI=1S/C22H24N6O.ClH/c1-13(2)28-19-17(12-24-28)16(11-18(25-19)15-8-5-4-7-14(15)3)20-26-21(27-29-20)22(23)9-6-10-22;/h4-5,7-8,11-13H,6,9-10,23H2,1-3H3;1H. The molecule has 0 spiro atoms. The van der Waals surface area contributed by atoms with Crippen LogP contribution >= 0.6 is 12.4 Å². The molecule has 5 rings (SSSR count). The van der Waals surface area contributed by atoms with E-state index in [1.807, 2.05) is 29.1 Å². The molecule has 3 heterocycles. The van der Waals surface area contributed by atoms with Gasteiger partial charge in [0.2, 0.25) is 0 Å².